The zero-order chi connectivity index (χ0) is 18.6. The van der Waals surface area contributed by atoms with Gasteiger partial charge in [-0.1, -0.05) is 25.7 Å². The fourth-order valence-corrected chi connectivity index (χ4v) is 5.97. The highest BCUT2D eigenvalue weighted by Crippen LogP contribution is 2.40. The van der Waals surface area contributed by atoms with E-state index in [2.05, 4.69) is 22.5 Å². The summed E-state index contributed by atoms with van der Waals surface area (Å²) in [5, 5.41) is 12.1. The van der Waals surface area contributed by atoms with Gasteiger partial charge in [0.25, 0.3) is 0 Å². The third-order valence-corrected chi connectivity index (χ3v) is 8.04. The molecule has 0 aromatic carbocycles. The van der Waals surface area contributed by atoms with Gasteiger partial charge in [-0.15, -0.1) is 11.3 Å². The number of guanidine groups is 1. The average Bonchev–Trinajstić information content (AvgIpc) is 3.09. The molecule has 0 radical (unpaired) electrons. The lowest BCUT2D eigenvalue weighted by Crippen LogP contribution is -2.46. The quantitative estimate of drug-likeness (QED) is 0.525. The molecule has 0 spiro atoms. The minimum Gasteiger partial charge on any atom is -0.357 e. The summed E-state index contributed by atoms with van der Waals surface area (Å²) in [7, 11) is -3.63. The van der Waals surface area contributed by atoms with Gasteiger partial charge in [-0.25, -0.2) is 18.5 Å². The van der Waals surface area contributed by atoms with E-state index in [1.165, 1.54) is 56.3 Å². The third-order valence-electron chi connectivity index (χ3n) is 5.54. The summed E-state index contributed by atoms with van der Waals surface area (Å²) in [6.45, 7) is 3.31. The molecule has 8 heteroatoms. The minimum atomic E-state index is -3.63. The Balaban J connectivity index is 1.59. The molecular formula is C18H30N4O2S2. The lowest BCUT2D eigenvalue weighted by molar-refractivity contribution is 0.150. The summed E-state index contributed by atoms with van der Waals surface area (Å²) in [5.74, 6) is 2.62. The number of nitrogens with two attached hydrogens (primary N) is 1. The van der Waals surface area contributed by atoms with E-state index in [1.807, 2.05) is 0 Å². The van der Waals surface area contributed by atoms with Gasteiger partial charge < -0.3 is 10.6 Å². The molecule has 0 bridgehead atoms. The second-order valence-corrected chi connectivity index (χ2v) is 10.4. The van der Waals surface area contributed by atoms with Gasteiger partial charge in [-0.2, -0.15) is 0 Å². The van der Waals surface area contributed by atoms with Crippen molar-refractivity contribution in [1.82, 2.24) is 10.6 Å². The number of primary sulfonamides is 1. The van der Waals surface area contributed by atoms with Crippen LogP contribution in [0.3, 0.4) is 0 Å². The molecule has 0 saturated heterocycles. The molecule has 1 aromatic rings. The predicted molar refractivity (Wildman–Crippen MR) is 107 cm³/mol. The molecule has 146 valence electrons. The molecule has 6 nitrogen and oxygen atoms in total. The highest BCUT2D eigenvalue weighted by Gasteiger charge is 2.32. The van der Waals surface area contributed by atoms with Crippen LogP contribution in [0.5, 0.6) is 0 Å². The number of hydrogen-bond acceptors (Lipinski definition) is 4. The van der Waals surface area contributed by atoms with E-state index in [0.717, 1.165) is 29.2 Å². The molecule has 26 heavy (non-hydrogen) atoms. The van der Waals surface area contributed by atoms with Crippen LogP contribution in [0, 0.1) is 11.8 Å². The van der Waals surface area contributed by atoms with Crippen molar-refractivity contribution in [3.8, 4) is 0 Å². The molecule has 1 heterocycles. The molecule has 0 amide bonds. The first-order valence-electron chi connectivity index (χ1n) is 9.62. The zero-order valence-electron chi connectivity index (χ0n) is 15.4. The fourth-order valence-electron chi connectivity index (χ4n) is 4.27. The van der Waals surface area contributed by atoms with Crippen molar-refractivity contribution in [3.63, 3.8) is 0 Å². The highest BCUT2D eigenvalue weighted by molar-refractivity contribution is 7.91. The number of sulfonamides is 1. The second-order valence-electron chi connectivity index (χ2n) is 7.42. The summed E-state index contributed by atoms with van der Waals surface area (Å²) < 4.78 is 23.0. The Hall–Kier alpha value is -1.12. The third kappa shape index (κ3) is 5.20. The zero-order valence-corrected chi connectivity index (χ0v) is 17.0. The average molecular weight is 399 g/mol. The maximum Gasteiger partial charge on any atom is 0.247 e. The number of aliphatic imine (C=N–C) groups is 1. The molecule has 2 fully saturated rings. The Kier molecular flexibility index (Phi) is 6.58. The monoisotopic (exact) mass is 398 g/mol. The summed E-state index contributed by atoms with van der Waals surface area (Å²) in [6, 6.07) is 3.82. The highest BCUT2D eigenvalue weighted by atomic mass is 32.2. The number of nitrogens with one attached hydrogen (secondary N) is 2. The van der Waals surface area contributed by atoms with E-state index < -0.39 is 10.0 Å². The molecule has 2 aliphatic rings. The molecule has 2 aliphatic carbocycles. The summed E-state index contributed by atoms with van der Waals surface area (Å²) >= 11 is 1.19. The van der Waals surface area contributed by atoms with Crippen LogP contribution in [0.25, 0.3) is 0 Å². The van der Waals surface area contributed by atoms with E-state index >= 15 is 0 Å². The molecule has 4 N–H and O–H groups in total. The molecular weight excluding hydrogens is 368 g/mol. The molecule has 2 saturated carbocycles. The van der Waals surface area contributed by atoms with E-state index in [1.54, 1.807) is 12.1 Å². The van der Waals surface area contributed by atoms with Gasteiger partial charge >= 0.3 is 0 Å². The van der Waals surface area contributed by atoms with Crippen LogP contribution in [-0.2, 0) is 16.6 Å². The molecule has 3 atom stereocenters. The number of nitrogens with zero attached hydrogens (tertiary/aromatic N) is 1. The number of fused-ring (bicyclic) bond motifs is 1. The molecule has 3 rings (SSSR count). The van der Waals surface area contributed by atoms with Gasteiger partial charge in [-0.3, -0.25) is 0 Å². The number of rotatable bonds is 5. The van der Waals surface area contributed by atoms with Gasteiger partial charge in [0.05, 0.1) is 6.54 Å². The van der Waals surface area contributed by atoms with Crippen molar-refractivity contribution in [2.75, 3.05) is 6.54 Å². The van der Waals surface area contributed by atoms with Crippen LogP contribution >= 0.6 is 11.3 Å². The Labute approximate surface area is 160 Å². The molecule has 3 unspecified atom stereocenters. The predicted octanol–water partition coefficient (Wildman–Crippen LogP) is 2.81. The lowest BCUT2D eigenvalue weighted by atomic mass is 9.69. The van der Waals surface area contributed by atoms with E-state index in [0.29, 0.717) is 12.6 Å². The second kappa shape index (κ2) is 8.71. The Morgan fingerprint density at radius 2 is 2.00 bits per heavy atom. The lowest BCUT2D eigenvalue weighted by Gasteiger charge is -2.39. The van der Waals surface area contributed by atoms with Crippen LogP contribution in [0.15, 0.2) is 21.3 Å². The fraction of sp³-hybridized carbons (Fsp3) is 0.722. The van der Waals surface area contributed by atoms with Gasteiger partial charge in [0.15, 0.2) is 5.96 Å². The SMILES string of the molecule is CCNC(=NCc1ccc(S(N)(=O)=O)s1)NC1CCC2CCCCC2C1. The summed E-state index contributed by atoms with van der Waals surface area (Å²) in [4.78, 5) is 5.54. The minimum absolute atomic E-state index is 0.191. The smallest absolute Gasteiger partial charge is 0.247 e. The Morgan fingerprint density at radius 1 is 1.23 bits per heavy atom. The van der Waals surface area contributed by atoms with Crippen molar-refractivity contribution in [2.24, 2.45) is 22.0 Å². The van der Waals surface area contributed by atoms with Gasteiger partial charge in [0.1, 0.15) is 4.21 Å². The van der Waals surface area contributed by atoms with E-state index in [9.17, 15) is 8.42 Å². The maximum absolute atomic E-state index is 11.4. The Morgan fingerprint density at radius 3 is 2.69 bits per heavy atom. The summed E-state index contributed by atoms with van der Waals surface area (Å²) in [6.07, 6.45) is 9.35. The van der Waals surface area contributed by atoms with Crippen LogP contribution in [0.2, 0.25) is 0 Å². The topological polar surface area (TPSA) is 96.6 Å². The largest absolute Gasteiger partial charge is 0.357 e. The first-order chi connectivity index (χ1) is 12.5. The molecule has 1 aromatic heterocycles. The van der Waals surface area contributed by atoms with Crippen molar-refractivity contribution in [2.45, 2.75) is 68.7 Å². The van der Waals surface area contributed by atoms with Crippen LogP contribution in [0.4, 0.5) is 0 Å². The van der Waals surface area contributed by atoms with Crippen molar-refractivity contribution in [3.05, 3.63) is 17.0 Å². The Bertz CT molecular complexity index is 729. The van der Waals surface area contributed by atoms with Gasteiger partial charge in [-0.05, 0) is 50.2 Å². The molecule has 0 aliphatic heterocycles. The maximum atomic E-state index is 11.4. The van der Waals surface area contributed by atoms with Crippen molar-refractivity contribution < 1.29 is 8.42 Å². The number of thiophene rings is 1. The van der Waals surface area contributed by atoms with Gasteiger partial charge in [0, 0.05) is 17.5 Å². The van der Waals surface area contributed by atoms with Gasteiger partial charge in [0.2, 0.25) is 10.0 Å². The summed E-state index contributed by atoms with van der Waals surface area (Å²) in [5.41, 5.74) is 0. The van der Waals surface area contributed by atoms with E-state index in [-0.39, 0.29) is 4.21 Å². The first-order valence-corrected chi connectivity index (χ1v) is 12.0. The number of hydrogen-bond donors (Lipinski definition) is 3. The normalized spacial score (nSPS) is 27.0. The van der Waals surface area contributed by atoms with Crippen molar-refractivity contribution >= 4 is 27.3 Å². The standard InChI is InChI=1S/C18H30N4O2S2/c1-2-20-18(21-12-16-9-10-17(25-16)26(19,23)24)22-15-8-7-13-5-3-4-6-14(13)11-15/h9-10,13-15H,2-8,11-12H2,1H3,(H2,19,23,24)(H2,20,21,22). The van der Waals surface area contributed by atoms with Crippen molar-refractivity contribution in [1.29, 1.82) is 0 Å². The van der Waals surface area contributed by atoms with Crippen LogP contribution in [-0.4, -0.2) is 27.0 Å². The first kappa shape index (κ1) is 19.6. The van der Waals surface area contributed by atoms with Crippen LogP contribution in [0.1, 0.15) is 56.7 Å². The van der Waals surface area contributed by atoms with E-state index in [4.69, 9.17) is 5.14 Å². The van der Waals surface area contributed by atoms with Crippen LogP contribution < -0.4 is 15.8 Å².